The summed E-state index contributed by atoms with van der Waals surface area (Å²) >= 11 is 0. The zero-order chi connectivity index (χ0) is 18.6. The van der Waals surface area contributed by atoms with Gasteiger partial charge in [-0.05, 0) is 31.6 Å². The Hall–Kier alpha value is -1.99. The Labute approximate surface area is 160 Å². The van der Waals surface area contributed by atoms with E-state index in [-0.39, 0.29) is 5.91 Å². The third-order valence-corrected chi connectivity index (χ3v) is 5.90. The van der Waals surface area contributed by atoms with Crippen LogP contribution in [0.5, 0.6) is 0 Å². The van der Waals surface area contributed by atoms with Gasteiger partial charge in [0.1, 0.15) is 12.1 Å². The number of nitrogens with zero attached hydrogens (tertiary/aromatic N) is 3. The third-order valence-electron chi connectivity index (χ3n) is 5.90. The van der Waals surface area contributed by atoms with Crippen LogP contribution >= 0.6 is 0 Å². The Morgan fingerprint density at radius 3 is 2.85 bits per heavy atom. The van der Waals surface area contributed by atoms with Crippen molar-refractivity contribution < 1.29 is 14.3 Å². The average Bonchev–Trinajstić information content (AvgIpc) is 2.97. The van der Waals surface area contributed by atoms with Crippen LogP contribution in [0.15, 0.2) is 24.0 Å². The molecular weight excluding hydrogens is 344 g/mol. The molecule has 4 rings (SSSR count). The van der Waals surface area contributed by atoms with Gasteiger partial charge in [0.2, 0.25) is 5.91 Å². The number of hydrogen-bond acceptors (Lipinski definition) is 6. The predicted molar refractivity (Wildman–Crippen MR) is 101 cm³/mol. The number of piperidine rings is 1. The molecule has 27 heavy (non-hydrogen) atoms. The van der Waals surface area contributed by atoms with Crippen LogP contribution in [0.25, 0.3) is 0 Å². The first-order chi connectivity index (χ1) is 13.2. The summed E-state index contributed by atoms with van der Waals surface area (Å²) in [6.07, 6.45) is 8.84. The van der Waals surface area contributed by atoms with Gasteiger partial charge < -0.3 is 19.7 Å². The summed E-state index contributed by atoms with van der Waals surface area (Å²) < 4.78 is 10.5. The van der Waals surface area contributed by atoms with Crippen molar-refractivity contribution in [3.63, 3.8) is 0 Å². The van der Waals surface area contributed by atoms with E-state index < -0.39 is 0 Å². The minimum Gasteiger partial charge on any atom is -0.378 e. The van der Waals surface area contributed by atoms with Crippen molar-refractivity contribution in [2.45, 2.75) is 50.8 Å². The lowest BCUT2D eigenvalue weighted by atomic mass is 9.90. The highest BCUT2D eigenvalue weighted by atomic mass is 16.5. The lowest BCUT2D eigenvalue weighted by Crippen LogP contribution is -2.46. The molecule has 1 unspecified atom stereocenters. The number of aromatic nitrogens is 2. The van der Waals surface area contributed by atoms with Crippen LogP contribution in [-0.4, -0.2) is 54.8 Å². The molecule has 3 atom stereocenters. The number of anilines is 1. The monoisotopic (exact) mass is 372 g/mol. The quantitative estimate of drug-likeness (QED) is 0.821. The van der Waals surface area contributed by atoms with Crippen LogP contribution < -0.4 is 10.2 Å². The molecule has 3 aliphatic heterocycles. The van der Waals surface area contributed by atoms with Gasteiger partial charge in [-0.3, -0.25) is 4.79 Å². The molecular formula is C20H28N4O3. The second kappa shape index (κ2) is 8.35. The minimum atomic E-state index is 0.0769. The van der Waals surface area contributed by atoms with E-state index in [0.29, 0.717) is 44.2 Å². The summed E-state index contributed by atoms with van der Waals surface area (Å²) in [6.45, 7) is 2.46. The van der Waals surface area contributed by atoms with Gasteiger partial charge >= 0.3 is 0 Å². The van der Waals surface area contributed by atoms with Gasteiger partial charge in [0.15, 0.2) is 0 Å². The first-order valence-electron chi connectivity index (χ1n) is 9.87. The van der Waals surface area contributed by atoms with Crippen LogP contribution in [-0.2, 0) is 20.9 Å². The maximum atomic E-state index is 12.3. The van der Waals surface area contributed by atoms with E-state index in [9.17, 15) is 4.79 Å². The van der Waals surface area contributed by atoms with E-state index in [4.69, 9.17) is 9.47 Å². The SMILES string of the molecule is COCc1cc(N2[C@@H]3CC[C@H]2CC(CNC(=O)C2=CCOCC2)C3)ncn1. The van der Waals surface area contributed by atoms with Crippen molar-refractivity contribution in [2.24, 2.45) is 5.92 Å². The van der Waals surface area contributed by atoms with Crippen molar-refractivity contribution in [1.82, 2.24) is 15.3 Å². The van der Waals surface area contributed by atoms with Gasteiger partial charge in [-0.2, -0.15) is 0 Å². The van der Waals surface area contributed by atoms with E-state index in [1.807, 2.05) is 6.08 Å². The first kappa shape index (κ1) is 18.4. The van der Waals surface area contributed by atoms with Crippen LogP contribution in [0.3, 0.4) is 0 Å². The fourth-order valence-electron chi connectivity index (χ4n) is 4.67. The lowest BCUT2D eigenvalue weighted by molar-refractivity contribution is -0.118. The Morgan fingerprint density at radius 1 is 1.33 bits per heavy atom. The maximum Gasteiger partial charge on any atom is 0.247 e. The zero-order valence-corrected chi connectivity index (χ0v) is 15.9. The summed E-state index contributed by atoms with van der Waals surface area (Å²) in [6, 6.07) is 3.05. The molecule has 0 spiro atoms. The summed E-state index contributed by atoms with van der Waals surface area (Å²) in [5.74, 6) is 1.62. The van der Waals surface area contributed by atoms with Gasteiger partial charge in [0.25, 0.3) is 0 Å². The molecule has 7 heteroatoms. The highest BCUT2D eigenvalue weighted by molar-refractivity contribution is 5.93. The Balaban J connectivity index is 1.35. The van der Waals surface area contributed by atoms with Gasteiger partial charge in [-0.25, -0.2) is 9.97 Å². The number of carbonyl (C=O) groups excluding carboxylic acids is 1. The maximum absolute atomic E-state index is 12.3. The summed E-state index contributed by atoms with van der Waals surface area (Å²) in [4.78, 5) is 23.6. The van der Waals surface area contributed by atoms with Crippen molar-refractivity contribution >= 4 is 11.7 Å². The minimum absolute atomic E-state index is 0.0769. The van der Waals surface area contributed by atoms with E-state index in [2.05, 4.69) is 26.3 Å². The second-order valence-electron chi connectivity index (χ2n) is 7.69. The molecule has 0 saturated carbocycles. The fourth-order valence-corrected chi connectivity index (χ4v) is 4.67. The third kappa shape index (κ3) is 4.14. The van der Waals surface area contributed by atoms with Gasteiger partial charge in [-0.15, -0.1) is 0 Å². The van der Waals surface area contributed by atoms with Crippen LogP contribution in [0, 0.1) is 5.92 Å². The molecule has 1 aromatic rings. The van der Waals surface area contributed by atoms with E-state index >= 15 is 0 Å². The number of methoxy groups -OCH3 is 1. The number of rotatable bonds is 6. The fraction of sp³-hybridized carbons (Fsp3) is 0.650. The normalized spacial score (nSPS) is 27.4. The molecule has 4 heterocycles. The molecule has 1 amide bonds. The first-order valence-corrected chi connectivity index (χ1v) is 9.87. The van der Waals surface area contributed by atoms with Crippen LogP contribution in [0.1, 0.15) is 37.8 Å². The molecule has 1 N–H and O–H groups in total. The Bertz CT molecular complexity index is 694. The molecule has 7 nitrogen and oxygen atoms in total. The van der Waals surface area contributed by atoms with Crippen LogP contribution in [0.2, 0.25) is 0 Å². The molecule has 0 aliphatic carbocycles. The van der Waals surface area contributed by atoms with E-state index in [1.165, 1.54) is 12.8 Å². The van der Waals surface area contributed by atoms with Crippen molar-refractivity contribution in [3.8, 4) is 0 Å². The Morgan fingerprint density at radius 2 is 2.15 bits per heavy atom. The standard InChI is InChI=1S/C20H28N4O3/c1-26-12-16-10-19(23-13-22-16)24-17-2-3-18(24)9-14(8-17)11-21-20(25)15-4-6-27-7-5-15/h4,10,13-14,17-18H,2-3,5-9,11-12H2,1H3,(H,21,25)/t14?,17-,18+. The smallest absolute Gasteiger partial charge is 0.247 e. The summed E-state index contributed by atoms with van der Waals surface area (Å²) in [5.41, 5.74) is 1.79. The number of ether oxygens (including phenoxy) is 2. The van der Waals surface area contributed by atoms with Crippen LogP contribution in [0.4, 0.5) is 5.82 Å². The number of amides is 1. The largest absolute Gasteiger partial charge is 0.378 e. The lowest BCUT2D eigenvalue weighted by Gasteiger charge is -2.40. The van der Waals surface area contributed by atoms with Crippen molar-refractivity contribution in [1.29, 1.82) is 0 Å². The Kier molecular flexibility index (Phi) is 5.69. The molecule has 0 aromatic carbocycles. The van der Waals surface area contributed by atoms with E-state index in [1.54, 1.807) is 13.4 Å². The van der Waals surface area contributed by atoms with Crippen molar-refractivity contribution in [2.75, 3.05) is 31.8 Å². The predicted octanol–water partition coefficient (Wildman–Crippen LogP) is 1.83. The molecule has 2 saturated heterocycles. The molecule has 2 fully saturated rings. The number of carbonyl (C=O) groups is 1. The number of hydrogen-bond donors (Lipinski definition) is 1. The highest BCUT2D eigenvalue weighted by Gasteiger charge is 2.41. The topological polar surface area (TPSA) is 76.6 Å². The average molecular weight is 372 g/mol. The molecule has 1 aromatic heterocycles. The molecule has 2 bridgehead atoms. The van der Waals surface area contributed by atoms with Gasteiger partial charge in [0.05, 0.1) is 25.5 Å². The number of fused-ring (bicyclic) bond motifs is 2. The van der Waals surface area contributed by atoms with Crippen molar-refractivity contribution in [3.05, 3.63) is 29.7 Å². The second-order valence-corrected chi connectivity index (χ2v) is 7.69. The molecule has 0 radical (unpaired) electrons. The number of nitrogens with one attached hydrogen (secondary N) is 1. The molecule has 146 valence electrons. The van der Waals surface area contributed by atoms with Gasteiger partial charge in [0, 0.05) is 43.8 Å². The highest BCUT2D eigenvalue weighted by Crippen LogP contribution is 2.40. The summed E-state index contributed by atoms with van der Waals surface area (Å²) in [5, 5.41) is 3.15. The molecule has 3 aliphatic rings. The van der Waals surface area contributed by atoms with E-state index in [0.717, 1.165) is 36.5 Å². The summed E-state index contributed by atoms with van der Waals surface area (Å²) in [7, 11) is 1.68. The zero-order valence-electron chi connectivity index (χ0n) is 15.9. The van der Waals surface area contributed by atoms with Gasteiger partial charge in [-0.1, -0.05) is 6.08 Å².